The van der Waals surface area contributed by atoms with Gasteiger partial charge in [-0.15, -0.1) is 0 Å². The molecular weight excluding hydrogens is 108 g/mol. The largest absolute Gasteiger partial charge is 0.427 e. The van der Waals surface area contributed by atoms with E-state index in [-0.39, 0.29) is 5.41 Å². The summed E-state index contributed by atoms with van der Waals surface area (Å²) in [4.78, 5) is 18.7. The third-order valence-electron chi connectivity index (χ3n) is 0.613. The lowest BCUT2D eigenvalue weighted by Crippen LogP contribution is -2.18. The number of hydrogen-bond donors (Lipinski definition) is 1. The minimum absolute atomic E-state index is 0.194. The van der Waals surface area contributed by atoms with Crippen molar-refractivity contribution in [3.05, 3.63) is 12.7 Å². The highest BCUT2D eigenvalue weighted by molar-refractivity contribution is 6.85. The second kappa shape index (κ2) is 2.71. The number of rotatable bonds is 2. The van der Waals surface area contributed by atoms with Gasteiger partial charge in [-0.05, 0) is 12.6 Å². The van der Waals surface area contributed by atoms with Gasteiger partial charge in [0.25, 0.3) is 0 Å². The molecule has 0 radical (unpaired) electrons. The summed E-state index contributed by atoms with van der Waals surface area (Å²) in [5, 5.41) is -0.194. The van der Waals surface area contributed by atoms with E-state index in [2.05, 4.69) is 6.58 Å². The van der Waals surface area contributed by atoms with E-state index in [9.17, 15) is 4.79 Å². The van der Waals surface area contributed by atoms with E-state index in [1.807, 2.05) is 0 Å². The molecular formula is C4H8O2Si. The molecule has 0 heterocycles. The summed E-state index contributed by atoms with van der Waals surface area (Å²) in [6.45, 7) is 4.75. The molecule has 1 atom stereocenters. The Labute approximate surface area is 44.2 Å². The number of hydrogen-bond acceptors (Lipinski definition) is 2. The fraction of sp³-hybridized carbons (Fsp3) is 0.250. The summed E-state index contributed by atoms with van der Waals surface area (Å²) in [7, 11) is -2.02. The Hall–Kier alpha value is -0.413. The predicted octanol–water partition coefficient (Wildman–Crippen LogP) is -0.373. The van der Waals surface area contributed by atoms with E-state index in [4.69, 9.17) is 4.80 Å². The molecule has 40 valence electrons. The molecule has 3 heteroatoms. The van der Waals surface area contributed by atoms with Crippen molar-refractivity contribution in [2.24, 2.45) is 0 Å². The van der Waals surface area contributed by atoms with E-state index >= 15 is 0 Å². The molecule has 0 bridgehead atoms. The molecule has 2 nitrogen and oxygen atoms in total. The van der Waals surface area contributed by atoms with Crippen LogP contribution < -0.4 is 0 Å². The zero-order valence-electron chi connectivity index (χ0n) is 4.22. The molecule has 0 rings (SSSR count). The second-order valence-corrected chi connectivity index (χ2v) is 3.20. The summed E-state index contributed by atoms with van der Waals surface area (Å²) in [6.07, 6.45) is 1.16. The zero-order valence-corrected chi connectivity index (χ0v) is 5.37. The number of carbonyl (C=O) groups excluding carboxylic acids is 1. The number of carbonyl (C=O) groups is 1. The molecule has 0 aliphatic carbocycles. The van der Waals surface area contributed by atoms with Gasteiger partial charge in [0, 0.05) is 0 Å². The van der Waals surface area contributed by atoms with Crippen LogP contribution >= 0.6 is 0 Å². The summed E-state index contributed by atoms with van der Waals surface area (Å²) in [5.41, 5.74) is 0. The Morgan fingerprint density at radius 3 is 2.43 bits per heavy atom. The van der Waals surface area contributed by atoms with Gasteiger partial charge < -0.3 is 4.80 Å². The molecule has 0 aromatic heterocycles. The molecule has 0 aromatic rings. The number of allylic oxidation sites excluding steroid dienone is 1. The fourth-order valence-electron chi connectivity index (χ4n) is 0.171. The quantitative estimate of drug-likeness (QED) is 0.394. The molecule has 0 aliphatic rings. The summed E-state index contributed by atoms with van der Waals surface area (Å²) in [5.74, 6) is 0. The molecule has 0 saturated heterocycles. The van der Waals surface area contributed by atoms with E-state index < -0.39 is 9.04 Å². The van der Waals surface area contributed by atoms with Gasteiger partial charge in [0.1, 0.15) is 0 Å². The SMILES string of the molecule is C=CC(=O)[SiH](C)O. The van der Waals surface area contributed by atoms with Crippen molar-refractivity contribution >= 4 is 14.4 Å². The Kier molecular flexibility index (Phi) is 2.55. The average Bonchev–Trinajstić information content (AvgIpc) is 1.65. The van der Waals surface area contributed by atoms with Crippen LogP contribution in [-0.4, -0.2) is 19.2 Å². The Balaban J connectivity index is 3.56. The van der Waals surface area contributed by atoms with Crippen LogP contribution in [0, 0.1) is 0 Å². The van der Waals surface area contributed by atoms with Gasteiger partial charge in [-0.2, -0.15) is 0 Å². The molecule has 1 N–H and O–H groups in total. The molecule has 1 unspecified atom stereocenters. The van der Waals surface area contributed by atoms with Crippen molar-refractivity contribution < 1.29 is 9.59 Å². The average molecular weight is 116 g/mol. The Morgan fingerprint density at radius 1 is 2.00 bits per heavy atom. The van der Waals surface area contributed by atoms with Crippen LogP contribution in [-0.2, 0) is 4.79 Å². The van der Waals surface area contributed by atoms with Gasteiger partial charge in [0.15, 0.2) is 5.41 Å². The molecule has 0 spiro atoms. The van der Waals surface area contributed by atoms with Gasteiger partial charge in [-0.1, -0.05) is 6.58 Å². The maximum absolute atomic E-state index is 10.2. The highest BCUT2D eigenvalue weighted by Gasteiger charge is 2.04. The van der Waals surface area contributed by atoms with Crippen molar-refractivity contribution in [3.8, 4) is 0 Å². The van der Waals surface area contributed by atoms with Crippen molar-refractivity contribution in [2.75, 3.05) is 0 Å². The van der Waals surface area contributed by atoms with Gasteiger partial charge >= 0.3 is 0 Å². The van der Waals surface area contributed by atoms with Crippen LogP contribution in [0.4, 0.5) is 0 Å². The minimum Gasteiger partial charge on any atom is -0.427 e. The van der Waals surface area contributed by atoms with Crippen LogP contribution in [0.2, 0.25) is 6.55 Å². The van der Waals surface area contributed by atoms with Crippen LogP contribution in [0.5, 0.6) is 0 Å². The van der Waals surface area contributed by atoms with E-state index in [1.54, 1.807) is 6.55 Å². The van der Waals surface area contributed by atoms with Gasteiger partial charge in [0.05, 0.1) is 0 Å². The van der Waals surface area contributed by atoms with Crippen molar-refractivity contribution in [3.63, 3.8) is 0 Å². The zero-order chi connectivity index (χ0) is 5.86. The standard InChI is InChI=1S/C4H8O2Si/c1-3-4(5)7(2)6/h3,6-7H,1H2,2H3. The maximum atomic E-state index is 10.2. The highest BCUT2D eigenvalue weighted by Crippen LogP contribution is 1.76. The van der Waals surface area contributed by atoms with E-state index in [0.29, 0.717) is 0 Å². The maximum Gasteiger partial charge on any atom is 0.248 e. The van der Waals surface area contributed by atoms with Gasteiger partial charge in [-0.25, -0.2) is 0 Å². The second-order valence-electron chi connectivity index (χ2n) is 1.28. The Bertz CT molecular complexity index is 87.7. The molecule has 0 saturated carbocycles. The van der Waals surface area contributed by atoms with Crippen LogP contribution in [0.25, 0.3) is 0 Å². The monoisotopic (exact) mass is 116 g/mol. The normalized spacial score (nSPS) is 12.9. The van der Waals surface area contributed by atoms with Crippen molar-refractivity contribution in [1.82, 2.24) is 0 Å². The topological polar surface area (TPSA) is 37.3 Å². The van der Waals surface area contributed by atoms with Crippen LogP contribution in [0.3, 0.4) is 0 Å². The summed E-state index contributed by atoms with van der Waals surface area (Å²) in [6, 6.07) is 0. The molecule has 0 aromatic carbocycles. The highest BCUT2D eigenvalue weighted by atomic mass is 28.3. The van der Waals surface area contributed by atoms with Crippen molar-refractivity contribution in [1.29, 1.82) is 0 Å². The molecule has 0 amide bonds. The lowest BCUT2D eigenvalue weighted by molar-refractivity contribution is -0.109. The summed E-state index contributed by atoms with van der Waals surface area (Å²) < 4.78 is 0. The lowest BCUT2D eigenvalue weighted by atomic mass is 10.7. The third-order valence-corrected chi connectivity index (χ3v) is 1.67. The van der Waals surface area contributed by atoms with Crippen LogP contribution in [0.15, 0.2) is 12.7 Å². The smallest absolute Gasteiger partial charge is 0.248 e. The van der Waals surface area contributed by atoms with E-state index in [1.165, 1.54) is 0 Å². The van der Waals surface area contributed by atoms with Crippen LogP contribution in [0.1, 0.15) is 0 Å². The van der Waals surface area contributed by atoms with E-state index in [0.717, 1.165) is 6.08 Å². The van der Waals surface area contributed by atoms with Crippen molar-refractivity contribution in [2.45, 2.75) is 6.55 Å². The molecule has 7 heavy (non-hydrogen) atoms. The first kappa shape index (κ1) is 6.59. The minimum atomic E-state index is -2.02. The predicted molar refractivity (Wildman–Crippen MR) is 30.4 cm³/mol. The first-order valence-electron chi connectivity index (χ1n) is 2.03. The Morgan fingerprint density at radius 2 is 2.43 bits per heavy atom. The first-order valence-corrected chi connectivity index (χ1v) is 4.27. The first-order chi connectivity index (χ1) is 3.18. The third kappa shape index (κ3) is 2.30. The lowest BCUT2D eigenvalue weighted by Gasteiger charge is -1.89. The van der Waals surface area contributed by atoms with Gasteiger partial charge in [0.2, 0.25) is 9.04 Å². The molecule has 0 fully saturated rings. The molecule has 0 aliphatic heterocycles. The van der Waals surface area contributed by atoms with Gasteiger partial charge in [-0.3, -0.25) is 4.79 Å². The fourth-order valence-corrected chi connectivity index (χ4v) is 0.512. The summed E-state index contributed by atoms with van der Waals surface area (Å²) >= 11 is 0.